The van der Waals surface area contributed by atoms with Crippen LogP contribution in [-0.4, -0.2) is 25.2 Å². The summed E-state index contributed by atoms with van der Waals surface area (Å²) in [5, 5.41) is 0.594. The molecule has 1 amide bonds. The van der Waals surface area contributed by atoms with Crippen LogP contribution in [0.15, 0.2) is 4.99 Å². The average molecular weight is 245 g/mol. The zero-order chi connectivity index (χ0) is 11.6. The molecule has 0 aromatic carbocycles. The third-order valence-corrected chi connectivity index (χ3v) is 9.31. The van der Waals surface area contributed by atoms with Gasteiger partial charge in [-0.1, -0.05) is 39.5 Å². The monoisotopic (exact) mass is 245 g/mol. The highest BCUT2D eigenvalue weighted by Gasteiger charge is 2.40. The molecule has 0 bridgehead atoms. The van der Waals surface area contributed by atoms with Gasteiger partial charge in [0.15, 0.2) is 0 Å². The minimum absolute atomic E-state index is 0.0705. The fourth-order valence-electron chi connectivity index (χ4n) is 1.43. The van der Waals surface area contributed by atoms with E-state index in [9.17, 15) is 4.79 Å². The van der Waals surface area contributed by atoms with Crippen molar-refractivity contribution in [3.05, 3.63) is 0 Å². The van der Waals surface area contributed by atoms with Crippen LogP contribution >= 0.6 is 11.8 Å². The van der Waals surface area contributed by atoms with E-state index < -0.39 is 8.32 Å². The first kappa shape index (κ1) is 12.8. The topological polar surface area (TPSA) is 38.7 Å². The largest absolute Gasteiger partial charge is 0.526 e. The molecule has 0 saturated heterocycles. The van der Waals surface area contributed by atoms with Crippen molar-refractivity contribution >= 4 is 31.2 Å². The van der Waals surface area contributed by atoms with Crippen LogP contribution in [0.3, 0.4) is 0 Å². The summed E-state index contributed by atoms with van der Waals surface area (Å²) in [5.41, 5.74) is 1.05. The van der Waals surface area contributed by atoms with Crippen molar-refractivity contribution in [3.63, 3.8) is 0 Å². The van der Waals surface area contributed by atoms with Gasteiger partial charge in [0.25, 0.3) is 14.2 Å². The SMILES string of the molecule is CC(C)[Si](C)(OC1=NC(=O)CS1)C(C)C. The number of thioether (sulfide) groups is 1. The molecule has 5 heteroatoms. The number of hydrogen-bond acceptors (Lipinski definition) is 3. The number of aliphatic imine (C=N–C) groups is 1. The zero-order valence-electron chi connectivity index (χ0n) is 10.0. The van der Waals surface area contributed by atoms with Crippen molar-refractivity contribution in [2.45, 2.75) is 45.3 Å². The van der Waals surface area contributed by atoms with Gasteiger partial charge in [0.1, 0.15) is 0 Å². The van der Waals surface area contributed by atoms with Gasteiger partial charge in [-0.05, 0) is 17.6 Å². The lowest BCUT2D eigenvalue weighted by Gasteiger charge is -2.34. The maximum Gasteiger partial charge on any atom is 0.259 e. The fourth-order valence-corrected chi connectivity index (χ4v) is 4.91. The number of nitrogens with zero attached hydrogens (tertiary/aromatic N) is 1. The first-order chi connectivity index (χ1) is 6.86. The minimum Gasteiger partial charge on any atom is -0.526 e. The molecule has 0 aliphatic carbocycles. The smallest absolute Gasteiger partial charge is 0.259 e. The number of amides is 1. The molecule has 0 fully saturated rings. The number of carbonyl (C=O) groups excluding carboxylic acids is 1. The van der Waals surface area contributed by atoms with E-state index >= 15 is 0 Å². The number of carbonyl (C=O) groups is 1. The van der Waals surface area contributed by atoms with E-state index in [4.69, 9.17) is 4.43 Å². The molecule has 1 aliphatic rings. The lowest BCUT2D eigenvalue weighted by Crippen LogP contribution is -2.42. The van der Waals surface area contributed by atoms with Crippen LogP contribution in [0.25, 0.3) is 0 Å². The molecule has 0 radical (unpaired) electrons. The lowest BCUT2D eigenvalue weighted by atomic mass is 10.5. The highest BCUT2D eigenvalue weighted by Crippen LogP contribution is 2.35. The highest BCUT2D eigenvalue weighted by atomic mass is 32.2. The Bertz CT molecular complexity index is 281. The van der Waals surface area contributed by atoms with Gasteiger partial charge in [0.2, 0.25) is 5.23 Å². The second-order valence-electron chi connectivity index (χ2n) is 4.66. The quantitative estimate of drug-likeness (QED) is 0.717. The third kappa shape index (κ3) is 2.84. The molecule has 15 heavy (non-hydrogen) atoms. The van der Waals surface area contributed by atoms with Crippen LogP contribution in [0.1, 0.15) is 27.7 Å². The van der Waals surface area contributed by atoms with Gasteiger partial charge in [-0.25, -0.2) is 0 Å². The van der Waals surface area contributed by atoms with Gasteiger partial charge in [0, 0.05) is 0 Å². The summed E-state index contributed by atoms with van der Waals surface area (Å²) >= 11 is 1.43. The molecule has 0 unspecified atom stereocenters. The molecular formula is C10H19NO2SSi. The Morgan fingerprint density at radius 3 is 2.20 bits per heavy atom. The predicted molar refractivity (Wildman–Crippen MR) is 67.8 cm³/mol. The molecule has 0 spiro atoms. The Hall–Kier alpha value is -0.293. The normalized spacial score (nSPS) is 17.5. The van der Waals surface area contributed by atoms with E-state index in [1.165, 1.54) is 11.8 Å². The van der Waals surface area contributed by atoms with Crippen molar-refractivity contribution in [1.82, 2.24) is 0 Å². The van der Waals surface area contributed by atoms with Crippen molar-refractivity contribution in [3.8, 4) is 0 Å². The van der Waals surface area contributed by atoms with Crippen molar-refractivity contribution in [2.24, 2.45) is 4.99 Å². The molecule has 1 heterocycles. The Morgan fingerprint density at radius 2 is 1.87 bits per heavy atom. The summed E-state index contributed by atoms with van der Waals surface area (Å²) in [6.07, 6.45) is 0. The van der Waals surface area contributed by atoms with Crippen LogP contribution in [0.2, 0.25) is 17.6 Å². The third-order valence-electron chi connectivity index (χ3n) is 3.14. The molecule has 1 aliphatic heterocycles. The molecule has 0 atom stereocenters. The van der Waals surface area contributed by atoms with Gasteiger partial charge < -0.3 is 4.43 Å². The second kappa shape index (κ2) is 4.70. The van der Waals surface area contributed by atoms with Crippen LogP contribution in [0.5, 0.6) is 0 Å². The fraction of sp³-hybridized carbons (Fsp3) is 0.800. The summed E-state index contributed by atoms with van der Waals surface area (Å²) in [5.74, 6) is 0.370. The summed E-state index contributed by atoms with van der Waals surface area (Å²) in [6.45, 7) is 11.0. The maximum absolute atomic E-state index is 11.0. The molecule has 0 aromatic heterocycles. The van der Waals surface area contributed by atoms with Crippen LogP contribution in [0.4, 0.5) is 0 Å². The molecule has 3 nitrogen and oxygen atoms in total. The Morgan fingerprint density at radius 1 is 1.33 bits per heavy atom. The first-order valence-electron chi connectivity index (χ1n) is 5.29. The van der Waals surface area contributed by atoms with Crippen molar-refractivity contribution in [1.29, 1.82) is 0 Å². The second-order valence-corrected chi connectivity index (χ2v) is 10.5. The molecular weight excluding hydrogens is 226 g/mol. The molecule has 0 aromatic rings. The van der Waals surface area contributed by atoms with E-state index in [2.05, 4.69) is 39.2 Å². The molecule has 0 saturated carbocycles. The Kier molecular flexibility index (Phi) is 4.00. The van der Waals surface area contributed by atoms with Crippen molar-refractivity contribution in [2.75, 3.05) is 5.75 Å². The highest BCUT2D eigenvalue weighted by molar-refractivity contribution is 8.14. The first-order valence-corrected chi connectivity index (χ1v) is 8.84. The van der Waals surface area contributed by atoms with Crippen molar-refractivity contribution < 1.29 is 9.22 Å². The number of hydrogen-bond donors (Lipinski definition) is 0. The van der Waals surface area contributed by atoms with Gasteiger partial charge in [0.05, 0.1) is 5.75 Å². The Balaban J connectivity index is 2.76. The van der Waals surface area contributed by atoms with Gasteiger partial charge >= 0.3 is 0 Å². The summed E-state index contributed by atoms with van der Waals surface area (Å²) in [4.78, 5) is 14.9. The molecule has 0 N–H and O–H groups in total. The van der Waals surface area contributed by atoms with E-state index in [0.29, 0.717) is 22.1 Å². The van der Waals surface area contributed by atoms with E-state index in [-0.39, 0.29) is 5.91 Å². The molecule has 86 valence electrons. The maximum atomic E-state index is 11.0. The minimum atomic E-state index is -1.80. The summed E-state index contributed by atoms with van der Waals surface area (Å²) in [7, 11) is -1.80. The van der Waals surface area contributed by atoms with Crippen LogP contribution < -0.4 is 0 Å². The molecule has 1 rings (SSSR count). The summed E-state index contributed by atoms with van der Waals surface area (Å²) < 4.78 is 6.02. The van der Waals surface area contributed by atoms with Gasteiger partial charge in [-0.3, -0.25) is 4.79 Å². The van der Waals surface area contributed by atoms with Gasteiger partial charge in [-0.2, -0.15) is 4.99 Å². The van der Waals surface area contributed by atoms with Crippen LogP contribution in [-0.2, 0) is 9.22 Å². The predicted octanol–water partition coefficient (Wildman–Crippen LogP) is 3.03. The lowest BCUT2D eigenvalue weighted by molar-refractivity contribution is -0.115. The van der Waals surface area contributed by atoms with Crippen LogP contribution in [0, 0.1) is 0 Å². The standard InChI is InChI=1S/C10H19NO2SSi/c1-7(2)15(5,8(3)4)13-10-11-9(12)6-14-10/h7-8H,6H2,1-5H3. The zero-order valence-corrected chi connectivity index (χ0v) is 11.9. The summed E-state index contributed by atoms with van der Waals surface area (Å²) in [6, 6.07) is 0. The Labute approximate surface area is 96.8 Å². The number of rotatable bonds is 3. The van der Waals surface area contributed by atoms with E-state index in [1.807, 2.05) is 0 Å². The average Bonchev–Trinajstić information content (AvgIpc) is 2.50. The van der Waals surface area contributed by atoms with Gasteiger partial charge in [-0.15, -0.1) is 0 Å². The van der Waals surface area contributed by atoms with E-state index in [1.54, 1.807) is 0 Å². The van der Waals surface area contributed by atoms with E-state index in [0.717, 1.165) is 0 Å².